The predicted molar refractivity (Wildman–Crippen MR) is 115 cm³/mol. The number of piperidine rings is 1. The van der Waals surface area contributed by atoms with Gasteiger partial charge < -0.3 is 20.4 Å². The van der Waals surface area contributed by atoms with E-state index in [-0.39, 0.29) is 48.3 Å². The van der Waals surface area contributed by atoms with Gasteiger partial charge in [-0.15, -0.1) is 24.0 Å². The molecule has 0 bridgehead atoms. The van der Waals surface area contributed by atoms with E-state index in [1.54, 1.807) is 26.2 Å². The van der Waals surface area contributed by atoms with Crippen LogP contribution in [0.1, 0.15) is 19.8 Å². The number of carbonyl (C=O) groups excluding carboxylic acids is 1. The van der Waals surface area contributed by atoms with Gasteiger partial charge in [0.25, 0.3) is 0 Å². The maximum absolute atomic E-state index is 13.5. The Balaban J connectivity index is 0.00000338. The van der Waals surface area contributed by atoms with Crippen molar-refractivity contribution in [3.63, 3.8) is 0 Å². The molecule has 0 aromatic heterocycles. The van der Waals surface area contributed by atoms with Gasteiger partial charge in [-0.3, -0.25) is 4.79 Å². The molecule has 0 aliphatic carbocycles. The zero-order valence-electron chi connectivity index (χ0n) is 15.7. The second-order valence-corrected chi connectivity index (χ2v) is 6.39. The Morgan fingerprint density at radius 2 is 2.19 bits per heavy atom. The highest BCUT2D eigenvalue weighted by Gasteiger charge is 2.21. The molecule has 0 radical (unpaired) electrons. The molecule has 2 rings (SSSR count). The van der Waals surface area contributed by atoms with Gasteiger partial charge in [0.1, 0.15) is 12.4 Å². The monoisotopic (exact) mass is 477 g/mol. The summed E-state index contributed by atoms with van der Waals surface area (Å²) in [6.07, 6.45) is 2.03. The molecule has 1 fully saturated rings. The van der Waals surface area contributed by atoms with Gasteiger partial charge in [-0.25, -0.2) is 9.38 Å². The van der Waals surface area contributed by atoms with E-state index in [0.29, 0.717) is 5.96 Å². The molecule has 1 aromatic carbocycles. The van der Waals surface area contributed by atoms with Crippen LogP contribution < -0.4 is 15.5 Å². The number of rotatable bonds is 5. The van der Waals surface area contributed by atoms with Crippen molar-refractivity contribution in [3.05, 3.63) is 30.1 Å². The van der Waals surface area contributed by atoms with E-state index in [1.807, 2.05) is 13.0 Å². The Kier molecular flexibility index (Phi) is 9.68. The lowest BCUT2D eigenvalue weighted by atomic mass is 10.0. The van der Waals surface area contributed by atoms with Crippen LogP contribution in [0.15, 0.2) is 29.3 Å². The normalized spacial score (nSPS) is 17.3. The standard InChI is InChI=1S/C18H28FN5O.HI/c1-4-20-18(21-12-17(25)23(2)3)22-15-8-6-10-24(13-15)16-9-5-7-14(19)11-16;/h5,7,9,11,15H,4,6,8,10,12-13H2,1-3H3,(H2,20,21,22);1H. The topological polar surface area (TPSA) is 60.0 Å². The first-order valence-electron chi connectivity index (χ1n) is 8.75. The summed E-state index contributed by atoms with van der Waals surface area (Å²) >= 11 is 0. The van der Waals surface area contributed by atoms with Crippen LogP contribution >= 0.6 is 24.0 Å². The van der Waals surface area contributed by atoms with Gasteiger partial charge in [-0.1, -0.05) is 6.07 Å². The van der Waals surface area contributed by atoms with Crippen molar-refractivity contribution >= 4 is 41.5 Å². The van der Waals surface area contributed by atoms with Crippen LogP contribution in [0.2, 0.25) is 0 Å². The number of benzene rings is 1. The molecule has 146 valence electrons. The van der Waals surface area contributed by atoms with Gasteiger partial charge in [-0.2, -0.15) is 0 Å². The molecule has 26 heavy (non-hydrogen) atoms. The highest BCUT2D eigenvalue weighted by atomic mass is 127. The number of carbonyl (C=O) groups is 1. The zero-order chi connectivity index (χ0) is 18.2. The van der Waals surface area contributed by atoms with E-state index in [2.05, 4.69) is 20.5 Å². The van der Waals surface area contributed by atoms with E-state index in [1.165, 1.54) is 11.0 Å². The van der Waals surface area contributed by atoms with Crippen molar-refractivity contribution in [2.75, 3.05) is 45.2 Å². The minimum absolute atomic E-state index is 0. The van der Waals surface area contributed by atoms with Crippen molar-refractivity contribution in [2.24, 2.45) is 4.99 Å². The maximum Gasteiger partial charge on any atom is 0.243 e. The van der Waals surface area contributed by atoms with Crippen LogP contribution in [0.3, 0.4) is 0 Å². The third-order valence-corrected chi connectivity index (χ3v) is 4.15. The molecular weight excluding hydrogens is 448 g/mol. The number of halogens is 2. The summed E-state index contributed by atoms with van der Waals surface area (Å²) in [5, 5.41) is 6.58. The maximum atomic E-state index is 13.5. The van der Waals surface area contributed by atoms with Crippen LogP contribution in [-0.2, 0) is 4.79 Å². The molecule has 1 atom stereocenters. The first kappa shape index (κ1) is 22.5. The van der Waals surface area contributed by atoms with Gasteiger partial charge in [-0.05, 0) is 38.0 Å². The molecule has 1 unspecified atom stereocenters. The highest BCUT2D eigenvalue weighted by molar-refractivity contribution is 14.0. The van der Waals surface area contributed by atoms with E-state index < -0.39 is 0 Å². The molecule has 1 aliphatic heterocycles. The van der Waals surface area contributed by atoms with Crippen LogP contribution in [0.25, 0.3) is 0 Å². The second kappa shape index (κ2) is 11.2. The average Bonchev–Trinajstić information content (AvgIpc) is 2.59. The number of anilines is 1. The summed E-state index contributed by atoms with van der Waals surface area (Å²) in [6, 6.07) is 6.89. The van der Waals surface area contributed by atoms with Gasteiger partial charge in [0.2, 0.25) is 5.91 Å². The lowest BCUT2D eigenvalue weighted by Crippen LogP contribution is -2.51. The Hall–Kier alpha value is -1.58. The molecule has 1 aromatic rings. The molecule has 1 amide bonds. The number of likely N-dealkylation sites (N-methyl/N-ethyl adjacent to an activating group) is 1. The number of hydrogen-bond acceptors (Lipinski definition) is 3. The Bertz CT molecular complexity index is 611. The Labute approximate surface area is 172 Å². The molecule has 1 saturated heterocycles. The van der Waals surface area contributed by atoms with Crippen LogP contribution in [0.5, 0.6) is 0 Å². The van der Waals surface area contributed by atoms with E-state index in [4.69, 9.17) is 0 Å². The van der Waals surface area contributed by atoms with Gasteiger partial charge in [0, 0.05) is 45.5 Å². The number of guanidine groups is 1. The molecule has 8 heteroatoms. The summed E-state index contributed by atoms with van der Waals surface area (Å²) in [6.45, 7) is 4.51. The molecule has 2 N–H and O–H groups in total. The average molecular weight is 477 g/mol. The molecule has 0 spiro atoms. The van der Waals surface area contributed by atoms with Crippen molar-refractivity contribution in [2.45, 2.75) is 25.8 Å². The summed E-state index contributed by atoms with van der Waals surface area (Å²) in [5.74, 6) is 0.385. The van der Waals surface area contributed by atoms with Crippen LogP contribution in [0.4, 0.5) is 10.1 Å². The van der Waals surface area contributed by atoms with Gasteiger partial charge in [0.15, 0.2) is 5.96 Å². The lowest BCUT2D eigenvalue weighted by Gasteiger charge is -2.35. The van der Waals surface area contributed by atoms with Crippen LogP contribution in [-0.4, -0.2) is 63.1 Å². The zero-order valence-corrected chi connectivity index (χ0v) is 18.0. The number of nitrogens with zero attached hydrogens (tertiary/aromatic N) is 3. The van der Waals surface area contributed by atoms with Crippen molar-refractivity contribution in [1.29, 1.82) is 0 Å². The first-order valence-corrected chi connectivity index (χ1v) is 8.75. The Morgan fingerprint density at radius 1 is 1.42 bits per heavy atom. The third kappa shape index (κ3) is 6.97. The second-order valence-electron chi connectivity index (χ2n) is 6.39. The number of aliphatic imine (C=N–C) groups is 1. The largest absolute Gasteiger partial charge is 0.369 e. The number of hydrogen-bond donors (Lipinski definition) is 2. The van der Waals surface area contributed by atoms with Crippen molar-refractivity contribution < 1.29 is 9.18 Å². The smallest absolute Gasteiger partial charge is 0.243 e. The number of nitrogens with one attached hydrogen (secondary N) is 2. The quantitative estimate of drug-likeness (QED) is 0.388. The van der Waals surface area contributed by atoms with E-state index in [9.17, 15) is 9.18 Å². The number of amides is 1. The van der Waals surface area contributed by atoms with Gasteiger partial charge in [0.05, 0.1) is 0 Å². The molecule has 1 heterocycles. The lowest BCUT2D eigenvalue weighted by molar-refractivity contribution is -0.127. The summed E-state index contributed by atoms with van der Waals surface area (Å²) in [7, 11) is 3.44. The van der Waals surface area contributed by atoms with E-state index >= 15 is 0 Å². The fraction of sp³-hybridized carbons (Fsp3) is 0.556. The summed E-state index contributed by atoms with van der Waals surface area (Å²) < 4.78 is 13.5. The van der Waals surface area contributed by atoms with Crippen molar-refractivity contribution in [1.82, 2.24) is 15.5 Å². The molecule has 6 nitrogen and oxygen atoms in total. The van der Waals surface area contributed by atoms with Crippen molar-refractivity contribution in [3.8, 4) is 0 Å². The first-order chi connectivity index (χ1) is 12.0. The Morgan fingerprint density at radius 3 is 2.85 bits per heavy atom. The minimum atomic E-state index is -0.218. The molecule has 0 saturated carbocycles. The highest BCUT2D eigenvalue weighted by Crippen LogP contribution is 2.20. The minimum Gasteiger partial charge on any atom is -0.369 e. The van der Waals surface area contributed by atoms with E-state index in [0.717, 1.165) is 38.2 Å². The van der Waals surface area contributed by atoms with Gasteiger partial charge >= 0.3 is 0 Å². The van der Waals surface area contributed by atoms with Crippen LogP contribution in [0, 0.1) is 5.82 Å². The molecular formula is C18H29FIN5O. The SMILES string of the molecule is CCNC(=NCC(=O)N(C)C)NC1CCCN(c2cccc(F)c2)C1.I. The fourth-order valence-corrected chi connectivity index (χ4v) is 2.80. The molecule has 1 aliphatic rings. The predicted octanol–water partition coefficient (Wildman–Crippen LogP) is 2.06. The summed E-state index contributed by atoms with van der Waals surface area (Å²) in [4.78, 5) is 19.8. The fourth-order valence-electron chi connectivity index (χ4n) is 2.80. The summed E-state index contributed by atoms with van der Waals surface area (Å²) in [5.41, 5.74) is 0.899. The third-order valence-electron chi connectivity index (χ3n) is 4.15.